The lowest BCUT2D eigenvalue weighted by Crippen LogP contribution is -2.29. The molecule has 2 N–H and O–H groups in total. The van der Waals surface area contributed by atoms with E-state index >= 15 is 0 Å². The molecule has 0 aliphatic rings. The van der Waals surface area contributed by atoms with Crippen LogP contribution < -0.4 is 5.73 Å². The first-order valence-electron chi connectivity index (χ1n) is 6.35. The molecule has 0 amide bonds. The molecule has 0 saturated carbocycles. The van der Waals surface area contributed by atoms with Crippen LogP contribution >= 0.6 is 0 Å². The van der Waals surface area contributed by atoms with Gasteiger partial charge in [0.15, 0.2) is 11.6 Å². The SMILES string of the molecule is CN(Cc1cccnc1)CC(N)c1cccc(F)c1F. The lowest BCUT2D eigenvalue weighted by Gasteiger charge is -2.21. The van der Waals surface area contributed by atoms with Gasteiger partial charge >= 0.3 is 0 Å². The summed E-state index contributed by atoms with van der Waals surface area (Å²) < 4.78 is 26.8. The van der Waals surface area contributed by atoms with Crippen LogP contribution in [0.5, 0.6) is 0 Å². The number of nitrogens with two attached hydrogens (primary N) is 1. The number of hydrogen-bond donors (Lipinski definition) is 1. The van der Waals surface area contributed by atoms with Gasteiger partial charge in [0.1, 0.15) is 0 Å². The molecule has 1 aromatic carbocycles. The largest absolute Gasteiger partial charge is 0.323 e. The molecule has 0 aliphatic carbocycles. The van der Waals surface area contributed by atoms with Crippen molar-refractivity contribution in [2.75, 3.05) is 13.6 Å². The second-order valence-electron chi connectivity index (χ2n) is 4.81. The van der Waals surface area contributed by atoms with Gasteiger partial charge in [-0.05, 0) is 24.7 Å². The molecule has 3 nitrogen and oxygen atoms in total. The van der Waals surface area contributed by atoms with Crippen molar-refractivity contribution in [1.82, 2.24) is 9.88 Å². The van der Waals surface area contributed by atoms with Gasteiger partial charge in [-0.15, -0.1) is 0 Å². The third kappa shape index (κ3) is 3.59. The highest BCUT2D eigenvalue weighted by molar-refractivity contribution is 5.22. The summed E-state index contributed by atoms with van der Waals surface area (Å²) in [5.74, 6) is -1.73. The number of likely N-dealkylation sites (N-methyl/N-ethyl adjacent to an activating group) is 1. The number of benzene rings is 1. The van der Waals surface area contributed by atoms with E-state index in [1.807, 2.05) is 24.1 Å². The molecule has 0 saturated heterocycles. The van der Waals surface area contributed by atoms with E-state index in [0.29, 0.717) is 13.1 Å². The zero-order chi connectivity index (χ0) is 14.5. The fourth-order valence-corrected chi connectivity index (χ4v) is 2.11. The summed E-state index contributed by atoms with van der Waals surface area (Å²) in [5, 5.41) is 0. The Hall–Kier alpha value is -1.85. The van der Waals surface area contributed by atoms with E-state index in [9.17, 15) is 8.78 Å². The van der Waals surface area contributed by atoms with Gasteiger partial charge in [0.25, 0.3) is 0 Å². The van der Waals surface area contributed by atoms with E-state index in [1.165, 1.54) is 12.1 Å². The third-order valence-electron chi connectivity index (χ3n) is 3.06. The van der Waals surface area contributed by atoms with Gasteiger partial charge in [-0.25, -0.2) is 8.78 Å². The molecule has 20 heavy (non-hydrogen) atoms. The molecule has 106 valence electrons. The van der Waals surface area contributed by atoms with Crippen molar-refractivity contribution in [2.45, 2.75) is 12.6 Å². The molecule has 2 rings (SSSR count). The predicted octanol–water partition coefficient (Wildman–Crippen LogP) is 2.49. The van der Waals surface area contributed by atoms with Crippen molar-refractivity contribution in [1.29, 1.82) is 0 Å². The molecule has 0 radical (unpaired) electrons. The Morgan fingerprint density at radius 3 is 2.75 bits per heavy atom. The monoisotopic (exact) mass is 277 g/mol. The molecule has 0 aliphatic heterocycles. The highest BCUT2D eigenvalue weighted by Gasteiger charge is 2.16. The van der Waals surface area contributed by atoms with E-state index in [2.05, 4.69) is 4.98 Å². The van der Waals surface area contributed by atoms with Crippen LogP contribution in [0, 0.1) is 11.6 Å². The van der Waals surface area contributed by atoms with Crippen LogP contribution in [0.25, 0.3) is 0 Å². The fourth-order valence-electron chi connectivity index (χ4n) is 2.11. The van der Waals surface area contributed by atoms with Gasteiger partial charge < -0.3 is 10.6 Å². The van der Waals surface area contributed by atoms with E-state index in [-0.39, 0.29) is 5.56 Å². The molecule has 1 atom stereocenters. The standard InChI is InChI=1S/C15H17F2N3/c1-20(9-11-4-3-7-19-8-11)10-14(18)12-5-2-6-13(16)15(12)17/h2-8,14H,9-10,18H2,1H3. The van der Waals surface area contributed by atoms with Gasteiger partial charge in [0.05, 0.1) is 0 Å². The van der Waals surface area contributed by atoms with Crippen LogP contribution in [-0.2, 0) is 6.54 Å². The molecule has 2 aromatic rings. The second-order valence-corrected chi connectivity index (χ2v) is 4.81. The van der Waals surface area contributed by atoms with E-state index in [4.69, 9.17) is 5.73 Å². The Labute approximate surface area is 117 Å². The summed E-state index contributed by atoms with van der Waals surface area (Å²) in [6.07, 6.45) is 3.47. The minimum atomic E-state index is -0.868. The average molecular weight is 277 g/mol. The van der Waals surface area contributed by atoms with Gasteiger partial charge in [0.2, 0.25) is 0 Å². The lowest BCUT2D eigenvalue weighted by atomic mass is 10.1. The van der Waals surface area contributed by atoms with Crippen molar-refractivity contribution in [3.63, 3.8) is 0 Å². The highest BCUT2D eigenvalue weighted by Crippen LogP contribution is 2.18. The fraction of sp³-hybridized carbons (Fsp3) is 0.267. The number of hydrogen-bond acceptors (Lipinski definition) is 3. The van der Waals surface area contributed by atoms with Gasteiger partial charge in [-0.3, -0.25) is 4.98 Å². The Balaban J connectivity index is 2.00. The Kier molecular flexibility index (Phi) is 4.76. The van der Waals surface area contributed by atoms with Gasteiger partial charge in [-0.1, -0.05) is 18.2 Å². The first-order valence-corrected chi connectivity index (χ1v) is 6.35. The van der Waals surface area contributed by atoms with Crippen molar-refractivity contribution in [3.05, 3.63) is 65.5 Å². The third-order valence-corrected chi connectivity index (χ3v) is 3.06. The minimum Gasteiger partial charge on any atom is -0.323 e. The zero-order valence-corrected chi connectivity index (χ0v) is 11.3. The topological polar surface area (TPSA) is 42.2 Å². The predicted molar refractivity (Wildman–Crippen MR) is 73.9 cm³/mol. The molecule has 1 aromatic heterocycles. The van der Waals surface area contributed by atoms with Crippen molar-refractivity contribution in [3.8, 4) is 0 Å². The van der Waals surface area contributed by atoms with Crippen molar-refractivity contribution >= 4 is 0 Å². The molecule has 0 fully saturated rings. The van der Waals surface area contributed by atoms with Crippen LogP contribution in [0.4, 0.5) is 8.78 Å². The summed E-state index contributed by atoms with van der Waals surface area (Å²) in [6, 6.07) is 7.31. The quantitative estimate of drug-likeness (QED) is 0.913. The summed E-state index contributed by atoms with van der Waals surface area (Å²) in [6.45, 7) is 1.08. The minimum absolute atomic E-state index is 0.197. The van der Waals surface area contributed by atoms with Crippen molar-refractivity contribution < 1.29 is 8.78 Å². The molecule has 1 heterocycles. The number of halogens is 2. The van der Waals surface area contributed by atoms with Gasteiger partial charge in [0, 0.05) is 37.1 Å². The first kappa shape index (κ1) is 14.6. The molecule has 5 heteroatoms. The van der Waals surface area contributed by atoms with Crippen LogP contribution in [0.15, 0.2) is 42.7 Å². The maximum atomic E-state index is 13.6. The second kappa shape index (κ2) is 6.54. The maximum Gasteiger partial charge on any atom is 0.163 e. The van der Waals surface area contributed by atoms with Crippen LogP contribution in [0.2, 0.25) is 0 Å². The Morgan fingerprint density at radius 2 is 2.05 bits per heavy atom. The van der Waals surface area contributed by atoms with Crippen LogP contribution in [0.3, 0.4) is 0 Å². The lowest BCUT2D eigenvalue weighted by molar-refractivity contribution is 0.301. The van der Waals surface area contributed by atoms with E-state index < -0.39 is 17.7 Å². The highest BCUT2D eigenvalue weighted by atomic mass is 19.2. The molecular weight excluding hydrogens is 260 g/mol. The molecule has 0 bridgehead atoms. The zero-order valence-electron chi connectivity index (χ0n) is 11.3. The number of nitrogens with zero attached hydrogens (tertiary/aromatic N) is 2. The van der Waals surface area contributed by atoms with E-state index in [1.54, 1.807) is 12.4 Å². The molecular formula is C15H17F2N3. The number of aromatic nitrogens is 1. The van der Waals surface area contributed by atoms with Gasteiger partial charge in [-0.2, -0.15) is 0 Å². The number of pyridine rings is 1. The average Bonchev–Trinajstić information content (AvgIpc) is 2.42. The summed E-state index contributed by atoms with van der Waals surface area (Å²) in [7, 11) is 1.88. The van der Waals surface area contributed by atoms with Crippen LogP contribution in [-0.4, -0.2) is 23.5 Å². The summed E-state index contributed by atoms with van der Waals surface area (Å²) >= 11 is 0. The maximum absolute atomic E-state index is 13.6. The Bertz CT molecular complexity index is 560. The smallest absolute Gasteiger partial charge is 0.163 e. The van der Waals surface area contributed by atoms with Crippen molar-refractivity contribution in [2.24, 2.45) is 5.73 Å². The van der Waals surface area contributed by atoms with Crippen LogP contribution in [0.1, 0.15) is 17.2 Å². The molecule has 0 spiro atoms. The first-order chi connectivity index (χ1) is 9.58. The number of rotatable bonds is 5. The summed E-state index contributed by atoms with van der Waals surface area (Å²) in [4.78, 5) is 5.98. The Morgan fingerprint density at radius 1 is 1.25 bits per heavy atom. The summed E-state index contributed by atoms with van der Waals surface area (Å²) in [5.41, 5.74) is 7.20. The van der Waals surface area contributed by atoms with E-state index in [0.717, 1.165) is 11.6 Å². The molecule has 1 unspecified atom stereocenters. The normalized spacial score (nSPS) is 12.7.